The molecular weight excluding hydrogens is 245 g/mol. The van der Waals surface area contributed by atoms with Crippen LogP contribution in [0.5, 0.6) is 0 Å². The van der Waals surface area contributed by atoms with Crippen LogP contribution in [0.25, 0.3) is 0 Å². The Labute approximate surface area is 105 Å². The Morgan fingerprint density at radius 2 is 2.11 bits per heavy atom. The zero-order valence-electron chi connectivity index (χ0n) is 10.6. The van der Waals surface area contributed by atoms with Gasteiger partial charge in [0.05, 0.1) is 6.61 Å². The van der Waals surface area contributed by atoms with E-state index in [1.54, 1.807) is 10.8 Å². The van der Waals surface area contributed by atoms with Crippen LogP contribution in [0.15, 0.2) is 18.5 Å². The van der Waals surface area contributed by atoms with Gasteiger partial charge in [-0.25, -0.2) is 0 Å². The molecule has 1 N–H and O–H groups in total. The molecule has 1 aromatic rings. The van der Waals surface area contributed by atoms with Crippen LogP contribution in [0.2, 0.25) is 0 Å². The Kier molecular flexibility index (Phi) is 5.68. The molecule has 1 unspecified atom stereocenters. The molecule has 0 aliphatic heterocycles. The highest BCUT2D eigenvalue weighted by Gasteiger charge is 2.28. The summed E-state index contributed by atoms with van der Waals surface area (Å²) in [6, 6.07) is 2.17. The molecule has 0 aliphatic carbocycles. The quantitative estimate of drug-likeness (QED) is 0.819. The Balaban J connectivity index is 2.47. The molecule has 18 heavy (non-hydrogen) atoms. The van der Waals surface area contributed by atoms with Gasteiger partial charge in [0.1, 0.15) is 0 Å². The Hall–Kier alpha value is -1.01. The first-order chi connectivity index (χ1) is 8.46. The fourth-order valence-corrected chi connectivity index (χ4v) is 1.82. The number of hydrogen-bond donors (Lipinski definition) is 1. The van der Waals surface area contributed by atoms with Gasteiger partial charge < -0.3 is 9.88 Å². The highest BCUT2D eigenvalue weighted by Crippen LogP contribution is 2.18. The molecule has 0 fully saturated rings. The van der Waals surface area contributed by atoms with E-state index in [9.17, 15) is 13.2 Å². The fourth-order valence-electron chi connectivity index (χ4n) is 1.82. The van der Waals surface area contributed by atoms with Gasteiger partial charge in [0.25, 0.3) is 0 Å². The maximum Gasteiger partial charge on any atom is 0.522 e. The van der Waals surface area contributed by atoms with Gasteiger partial charge in [-0.15, -0.1) is 13.2 Å². The SMILES string of the molecule is CCNC(CC)c1ccn(CCOC(F)(F)F)c1. The minimum Gasteiger partial charge on any atom is -0.352 e. The first-order valence-corrected chi connectivity index (χ1v) is 6.06. The van der Waals surface area contributed by atoms with Crippen molar-refractivity contribution >= 4 is 0 Å². The third-order valence-corrected chi connectivity index (χ3v) is 2.65. The molecule has 0 saturated carbocycles. The lowest BCUT2D eigenvalue weighted by Gasteiger charge is -2.14. The van der Waals surface area contributed by atoms with Crippen LogP contribution in [0.3, 0.4) is 0 Å². The van der Waals surface area contributed by atoms with E-state index in [1.165, 1.54) is 0 Å². The highest BCUT2D eigenvalue weighted by molar-refractivity contribution is 5.15. The van der Waals surface area contributed by atoms with E-state index in [-0.39, 0.29) is 19.2 Å². The average Bonchev–Trinajstić information content (AvgIpc) is 2.72. The first kappa shape index (κ1) is 15.0. The summed E-state index contributed by atoms with van der Waals surface area (Å²) in [7, 11) is 0. The normalized spacial score (nSPS) is 13.8. The molecule has 0 saturated heterocycles. The highest BCUT2D eigenvalue weighted by atomic mass is 19.4. The number of hydrogen-bond acceptors (Lipinski definition) is 2. The Bertz CT molecular complexity index is 349. The van der Waals surface area contributed by atoms with E-state index in [1.807, 2.05) is 19.2 Å². The van der Waals surface area contributed by atoms with Crippen molar-refractivity contribution in [2.24, 2.45) is 0 Å². The minimum absolute atomic E-state index is 0.196. The van der Waals surface area contributed by atoms with Gasteiger partial charge in [0, 0.05) is 25.0 Å². The average molecular weight is 264 g/mol. The van der Waals surface area contributed by atoms with Crippen LogP contribution in [-0.2, 0) is 11.3 Å². The predicted octanol–water partition coefficient (Wildman–Crippen LogP) is 3.09. The van der Waals surface area contributed by atoms with Crippen molar-refractivity contribution in [2.45, 2.75) is 39.2 Å². The monoisotopic (exact) mass is 264 g/mol. The molecule has 1 rings (SSSR count). The van der Waals surface area contributed by atoms with Gasteiger partial charge >= 0.3 is 6.36 Å². The maximum absolute atomic E-state index is 11.8. The molecule has 0 aromatic carbocycles. The summed E-state index contributed by atoms with van der Waals surface area (Å²) in [5.74, 6) is 0. The van der Waals surface area contributed by atoms with Gasteiger partial charge in [-0.3, -0.25) is 4.74 Å². The second kappa shape index (κ2) is 6.80. The van der Waals surface area contributed by atoms with Crippen molar-refractivity contribution in [1.29, 1.82) is 0 Å². The van der Waals surface area contributed by atoms with Crippen LogP contribution in [-0.4, -0.2) is 24.1 Å². The number of nitrogens with one attached hydrogen (secondary N) is 1. The van der Waals surface area contributed by atoms with E-state index in [4.69, 9.17) is 0 Å². The molecule has 0 amide bonds. The number of halogens is 3. The van der Waals surface area contributed by atoms with Gasteiger partial charge in [-0.1, -0.05) is 13.8 Å². The second-order valence-corrected chi connectivity index (χ2v) is 4.00. The Morgan fingerprint density at radius 1 is 1.39 bits per heavy atom. The third kappa shape index (κ3) is 5.10. The zero-order valence-corrected chi connectivity index (χ0v) is 10.6. The lowest BCUT2D eigenvalue weighted by atomic mass is 10.1. The standard InChI is InChI=1S/C12H19F3N2O/c1-3-11(16-4-2)10-5-6-17(9-10)7-8-18-12(13,14)15/h5-6,9,11,16H,3-4,7-8H2,1-2H3. The van der Waals surface area contributed by atoms with Crippen LogP contribution in [0.4, 0.5) is 13.2 Å². The summed E-state index contributed by atoms with van der Waals surface area (Å²) >= 11 is 0. The summed E-state index contributed by atoms with van der Waals surface area (Å²) in [5.41, 5.74) is 1.09. The van der Waals surface area contributed by atoms with Crippen LogP contribution < -0.4 is 5.32 Å². The predicted molar refractivity (Wildman–Crippen MR) is 63.1 cm³/mol. The molecule has 0 bridgehead atoms. The maximum atomic E-state index is 11.8. The first-order valence-electron chi connectivity index (χ1n) is 6.06. The number of nitrogens with zero attached hydrogens (tertiary/aromatic N) is 1. The lowest BCUT2D eigenvalue weighted by Crippen LogP contribution is -2.19. The molecule has 6 heteroatoms. The molecule has 104 valence electrons. The number of alkyl halides is 3. The molecule has 3 nitrogen and oxygen atoms in total. The van der Waals surface area contributed by atoms with Crippen molar-refractivity contribution in [3.63, 3.8) is 0 Å². The molecule has 1 heterocycles. The summed E-state index contributed by atoms with van der Waals surface area (Å²) in [5, 5.41) is 3.32. The van der Waals surface area contributed by atoms with E-state index in [2.05, 4.69) is 17.0 Å². The fraction of sp³-hybridized carbons (Fsp3) is 0.667. The van der Waals surface area contributed by atoms with Gasteiger partial charge in [-0.2, -0.15) is 0 Å². The molecule has 1 aromatic heterocycles. The summed E-state index contributed by atoms with van der Waals surface area (Å²) in [6.45, 7) is 4.78. The van der Waals surface area contributed by atoms with Gasteiger partial charge in [0.2, 0.25) is 0 Å². The van der Waals surface area contributed by atoms with Crippen LogP contribution in [0, 0.1) is 0 Å². The van der Waals surface area contributed by atoms with Crippen LogP contribution in [0.1, 0.15) is 31.9 Å². The van der Waals surface area contributed by atoms with E-state index in [0.717, 1.165) is 18.5 Å². The Morgan fingerprint density at radius 3 is 2.67 bits per heavy atom. The summed E-state index contributed by atoms with van der Waals surface area (Å²) in [6.07, 6.45) is 0.0221. The number of aromatic nitrogens is 1. The molecule has 0 aliphatic rings. The number of rotatable bonds is 7. The summed E-state index contributed by atoms with van der Waals surface area (Å²) in [4.78, 5) is 0. The zero-order chi connectivity index (χ0) is 13.6. The molecular formula is C12H19F3N2O. The smallest absolute Gasteiger partial charge is 0.352 e. The lowest BCUT2D eigenvalue weighted by molar-refractivity contribution is -0.325. The van der Waals surface area contributed by atoms with Crippen molar-refractivity contribution in [2.75, 3.05) is 13.2 Å². The topological polar surface area (TPSA) is 26.2 Å². The molecule has 1 atom stereocenters. The van der Waals surface area contributed by atoms with E-state index in [0.29, 0.717) is 0 Å². The molecule has 0 radical (unpaired) electrons. The van der Waals surface area contributed by atoms with Crippen molar-refractivity contribution in [3.8, 4) is 0 Å². The van der Waals surface area contributed by atoms with Crippen LogP contribution >= 0.6 is 0 Å². The van der Waals surface area contributed by atoms with Gasteiger partial charge in [-0.05, 0) is 24.6 Å². The summed E-state index contributed by atoms with van der Waals surface area (Å²) < 4.78 is 40.9. The largest absolute Gasteiger partial charge is 0.522 e. The van der Waals surface area contributed by atoms with Gasteiger partial charge in [0.15, 0.2) is 0 Å². The third-order valence-electron chi connectivity index (χ3n) is 2.65. The van der Waals surface area contributed by atoms with E-state index < -0.39 is 6.36 Å². The van der Waals surface area contributed by atoms with Crippen molar-refractivity contribution in [3.05, 3.63) is 24.0 Å². The number of ether oxygens (including phenoxy) is 1. The second-order valence-electron chi connectivity index (χ2n) is 4.00. The van der Waals surface area contributed by atoms with E-state index >= 15 is 0 Å². The van der Waals surface area contributed by atoms with Crippen molar-refractivity contribution < 1.29 is 17.9 Å². The molecule has 0 spiro atoms. The van der Waals surface area contributed by atoms with Crippen molar-refractivity contribution in [1.82, 2.24) is 9.88 Å². The minimum atomic E-state index is -4.55.